The predicted octanol–water partition coefficient (Wildman–Crippen LogP) is 2.84. The minimum atomic E-state index is 0.187. The first-order valence-corrected chi connectivity index (χ1v) is 6.17. The Hall–Kier alpha value is -1.88. The van der Waals surface area contributed by atoms with Crippen LogP contribution in [0.4, 0.5) is 17.6 Å². The van der Waals surface area contributed by atoms with Crippen LogP contribution in [0.5, 0.6) is 0 Å². The van der Waals surface area contributed by atoms with E-state index in [2.05, 4.69) is 25.6 Å². The van der Waals surface area contributed by atoms with Crippen LogP contribution in [0.15, 0.2) is 30.3 Å². The quantitative estimate of drug-likeness (QED) is 0.886. The van der Waals surface area contributed by atoms with E-state index in [1.165, 1.54) is 0 Å². The second-order valence-corrected chi connectivity index (χ2v) is 4.50. The Kier molecular flexibility index (Phi) is 2.98. The normalized spacial score (nSPS) is 14.3. The molecule has 5 nitrogen and oxygen atoms in total. The SMILES string of the molecule is Clc1nc(Nc2ccccc2)nc(NC2CC2)n1. The number of rotatable bonds is 4. The lowest BCUT2D eigenvalue weighted by atomic mass is 10.3. The number of halogens is 1. The summed E-state index contributed by atoms with van der Waals surface area (Å²) in [7, 11) is 0. The number of nitrogens with zero attached hydrogens (tertiary/aromatic N) is 3. The molecule has 1 heterocycles. The van der Waals surface area contributed by atoms with Crippen molar-refractivity contribution in [2.24, 2.45) is 0 Å². The highest BCUT2D eigenvalue weighted by Gasteiger charge is 2.22. The molecule has 1 aliphatic rings. The maximum absolute atomic E-state index is 5.88. The fourth-order valence-corrected chi connectivity index (χ4v) is 1.69. The van der Waals surface area contributed by atoms with Crippen molar-refractivity contribution >= 4 is 29.2 Å². The minimum Gasteiger partial charge on any atom is -0.351 e. The smallest absolute Gasteiger partial charge is 0.233 e. The summed E-state index contributed by atoms with van der Waals surface area (Å²) in [4.78, 5) is 12.4. The lowest BCUT2D eigenvalue weighted by molar-refractivity contribution is 1.01. The van der Waals surface area contributed by atoms with Crippen molar-refractivity contribution in [2.75, 3.05) is 10.6 Å². The molecule has 0 unspecified atom stereocenters. The Labute approximate surface area is 110 Å². The van der Waals surface area contributed by atoms with Crippen molar-refractivity contribution in [1.29, 1.82) is 0 Å². The zero-order valence-corrected chi connectivity index (χ0v) is 10.4. The number of hydrogen-bond donors (Lipinski definition) is 2. The Morgan fingerprint density at radius 3 is 2.44 bits per heavy atom. The summed E-state index contributed by atoms with van der Waals surface area (Å²) < 4.78 is 0. The molecule has 1 saturated carbocycles. The van der Waals surface area contributed by atoms with Crippen LogP contribution in [0.3, 0.4) is 0 Å². The van der Waals surface area contributed by atoms with Crippen LogP contribution < -0.4 is 10.6 Å². The van der Waals surface area contributed by atoms with Crippen molar-refractivity contribution in [2.45, 2.75) is 18.9 Å². The fraction of sp³-hybridized carbons (Fsp3) is 0.250. The zero-order chi connectivity index (χ0) is 12.4. The number of para-hydroxylation sites is 1. The minimum absolute atomic E-state index is 0.187. The number of hydrogen-bond acceptors (Lipinski definition) is 5. The number of aromatic nitrogens is 3. The van der Waals surface area contributed by atoms with E-state index in [4.69, 9.17) is 11.6 Å². The van der Waals surface area contributed by atoms with Gasteiger partial charge in [-0.25, -0.2) is 0 Å². The third-order valence-corrected chi connectivity index (χ3v) is 2.72. The van der Waals surface area contributed by atoms with Crippen molar-refractivity contribution in [3.8, 4) is 0 Å². The molecule has 92 valence electrons. The van der Waals surface area contributed by atoms with E-state index < -0.39 is 0 Å². The largest absolute Gasteiger partial charge is 0.351 e. The van der Waals surface area contributed by atoms with Gasteiger partial charge in [0.05, 0.1) is 0 Å². The average molecular weight is 262 g/mol. The molecule has 2 N–H and O–H groups in total. The molecule has 0 radical (unpaired) electrons. The Bertz CT molecular complexity index is 541. The Morgan fingerprint density at radius 1 is 1.00 bits per heavy atom. The first kappa shape index (κ1) is 11.2. The highest BCUT2D eigenvalue weighted by molar-refractivity contribution is 6.28. The second-order valence-electron chi connectivity index (χ2n) is 4.16. The molecule has 0 saturated heterocycles. The standard InChI is InChI=1S/C12H12ClN5/c13-10-16-11(14-8-4-2-1-3-5-8)18-12(17-10)15-9-6-7-9/h1-5,9H,6-7H2,(H2,14,15,16,17,18). The van der Waals surface area contributed by atoms with Crippen LogP contribution in [0.1, 0.15) is 12.8 Å². The molecule has 1 fully saturated rings. The van der Waals surface area contributed by atoms with Crippen LogP contribution in [0.2, 0.25) is 5.28 Å². The van der Waals surface area contributed by atoms with Crippen LogP contribution in [-0.2, 0) is 0 Å². The van der Waals surface area contributed by atoms with E-state index in [-0.39, 0.29) is 5.28 Å². The average Bonchev–Trinajstić information content (AvgIpc) is 3.13. The van der Waals surface area contributed by atoms with Crippen molar-refractivity contribution in [3.05, 3.63) is 35.6 Å². The first-order chi connectivity index (χ1) is 8.79. The number of nitrogens with one attached hydrogen (secondary N) is 2. The lowest BCUT2D eigenvalue weighted by Crippen LogP contribution is -2.08. The summed E-state index contributed by atoms with van der Waals surface area (Å²) >= 11 is 5.88. The highest BCUT2D eigenvalue weighted by Crippen LogP contribution is 2.24. The highest BCUT2D eigenvalue weighted by atomic mass is 35.5. The summed E-state index contributed by atoms with van der Waals surface area (Å²) in [5.41, 5.74) is 0.914. The molecule has 1 aliphatic carbocycles. The van der Waals surface area contributed by atoms with Gasteiger partial charge < -0.3 is 10.6 Å². The monoisotopic (exact) mass is 261 g/mol. The van der Waals surface area contributed by atoms with E-state index in [0.717, 1.165) is 18.5 Å². The molecule has 0 bridgehead atoms. The predicted molar refractivity (Wildman–Crippen MR) is 71.2 cm³/mol. The van der Waals surface area contributed by atoms with Gasteiger partial charge >= 0.3 is 0 Å². The molecule has 1 aromatic carbocycles. The lowest BCUT2D eigenvalue weighted by Gasteiger charge is -2.07. The van der Waals surface area contributed by atoms with Crippen molar-refractivity contribution < 1.29 is 0 Å². The van der Waals surface area contributed by atoms with Gasteiger partial charge in [-0.1, -0.05) is 18.2 Å². The van der Waals surface area contributed by atoms with Gasteiger partial charge in [0.2, 0.25) is 17.2 Å². The molecule has 1 aromatic heterocycles. The van der Waals surface area contributed by atoms with Crippen LogP contribution in [0, 0.1) is 0 Å². The topological polar surface area (TPSA) is 62.7 Å². The number of benzene rings is 1. The molecule has 0 spiro atoms. The summed E-state index contributed by atoms with van der Waals surface area (Å²) in [5.74, 6) is 0.972. The van der Waals surface area contributed by atoms with E-state index >= 15 is 0 Å². The van der Waals surface area contributed by atoms with Gasteiger partial charge in [0.15, 0.2) is 0 Å². The maximum atomic E-state index is 5.88. The fourth-order valence-electron chi connectivity index (χ4n) is 1.53. The van der Waals surface area contributed by atoms with E-state index in [0.29, 0.717) is 17.9 Å². The van der Waals surface area contributed by atoms with Gasteiger partial charge in [-0.05, 0) is 36.6 Å². The molecular formula is C12H12ClN5. The van der Waals surface area contributed by atoms with E-state index in [9.17, 15) is 0 Å². The summed E-state index contributed by atoms with van der Waals surface area (Å²) in [6.45, 7) is 0. The van der Waals surface area contributed by atoms with Gasteiger partial charge in [-0.2, -0.15) is 15.0 Å². The summed E-state index contributed by atoms with van der Waals surface area (Å²) in [6.07, 6.45) is 2.31. The van der Waals surface area contributed by atoms with Gasteiger partial charge in [0.1, 0.15) is 0 Å². The molecule has 6 heteroatoms. The van der Waals surface area contributed by atoms with Gasteiger partial charge in [-0.3, -0.25) is 0 Å². The molecular weight excluding hydrogens is 250 g/mol. The first-order valence-electron chi connectivity index (χ1n) is 5.80. The maximum Gasteiger partial charge on any atom is 0.233 e. The summed E-state index contributed by atoms with van der Waals surface area (Å²) in [5, 5.41) is 6.47. The van der Waals surface area contributed by atoms with Gasteiger partial charge in [0.25, 0.3) is 0 Å². The summed E-state index contributed by atoms with van der Waals surface area (Å²) in [6, 6.07) is 10.2. The van der Waals surface area contributed by atoms with E-state index in [1.54, 1.807) is 0 Å². The van der Waals surface area contributed by atoms with Gasteiger partial charge in [-0.15, -0.1) is 0 Å². The Balaban J connectivity index is 1.80. The Morgan fingerprint density at radius 2 is 1.72 bits per heavy atom. The molecule has 3 rings (SSSR count). The second kappa shape index (κ2) is 4.78. The molecule has 0 atom stereocenters. The number of anilines is 3. The van der Waals surface area contributed by atoms with Crippen molar-refractivity contribution in [1.82, 2.24) is 15.0 Å². The van der Waals surface area contributed by atoms with Gasteiger partial charge in [0, 0.05) is 11.7 Å². The molecule has 18 heavy (non-hydrogen) atoms. The third kappa shape index (κ3) is 2.87. The van der Waals surface area contributed by atoms with Crippen molar-refractivity contribution in [3.63, 3.8) is 0 Å². The van der Waals surface area contributed by atoms with Crippen LogP contribution in [-0.4, -0.2) is 21.0 Å². The third-order valence-electron chi connectivity index (χ3n) is 2.55. The van der Waals surface area contributed by atoms with Crippen LogP contribution in [0.25, 0.3) is 0 Å². The molecule has 0 aliphatic heterocycles. The molecule has 2 aromatic rings. The zero-order valence-electron chi connectivity index (χ0n) is 9.60. The van der Waals surface area contributed by atoms with E-state index in [1.807, 2.05) is 30.3 Å². The molecule has 0 amide bonds. The van der Waals surface area contributed by atoms with Crippen LogP contribution >= 0.6 is 11.6 Å².